The Kier molecular flexibility index (Phi) is 8.75. The van der Waals surface area contributed by atoms with Gasteiger partial charge in [0.25, 0.3) is 0 Å². The standard InChI is InChI=1S/C27H23Cl2N2O4PS/c28-26(21-9-3-1-4-10-21)19-36(32,20-27(29)22-11-5-2-6-12-22)31-23-13-7-15-25(17-23)37(33,34)30-18-24-14-8-16-35-24/h1-17,19-20,30H,18H2,(H,31,32)/b26-19-,27-20-. The fourth-order valence-corrected chi connectivity index (χ4v) is 7.26. The van der Waals surface area contributed by atoms with Crippen molar-refractivity contribution in [2.45, 2.75) is 11.4 Å². The highest BCUT2D eigenvalue weighted by molar-refractivity contribution is 7.89. The molecule has 1 aromatic heterocycles. The molecule has 4 aromatic rings. The second-order valence-corrected chi connectivity index (χ2v) is 12.7. The van der Waals surface area contributed by atoms with Gasteiger partial charge >= 0.3 is 0 Å². The van der Waals surface area contributed by atoms with E-state index in [0.29, 0.717) is 22.6 Å². The van der Waals surface area contributed by atoms with E-state index in [9.17, 15) is 13.0 Å². The second kappa shape index (κ2) is 12.0. The van der Waals surface area contributed by atoms with Crippen LogP contribution in [-0.2, 0) is 21.1 Å². The molecule has 2 N–H and O–H groups in total. The zero-order valence-electron chi connectivity index (χ0n) is 19.4. The van der Waals surface area contributed by atoms with Gasteiger partial charge in [-0.3, -0.25) is 4.57 Å². The van der Waals surface area contributed by atoms with Crippen LogP contribution in [0.4, 0.5) is 5.69 Å². The zero-order chi connectivity index (χ0) is 26.3. The Bertz CT molecular complexity index is 1500. The minimum absolute atomic E-state index is 0.00365. The first-order chi connectivity index (χ1) is 17.7. The quantitative estimate of drug-likeness (QED) is 0.188. The molecular weight excluding hydrogens is 550 g/mol. The maximum Gasteiger partial charge on any atom is 0.241 e. The lowest BCUT2D eigenvalue weighted by Gasteiger charge is -2.17. The summed E-state index contributed by atoms with van der Waals surface area (Å²) in [7, 11) is -7.45. The van der Waals surface area contributed by atoms with Gasteiger partial charge in [-0.05, 0) is 41.5 Å². The van der Waals surface area contributed by atoms with Crippen LogP contribution >= 0.6 is 30.5 Å². The number of furan rings is 1. The number of anilines is 1. The van der Waals surface area contributed by atoms with E-state index in [1.165, 1.54) is 30.0 Å². The maximum atomic E-state index is 14.2. The third-order valence-electron chi connectivity index (χ3n) is 5.17. The number of hydrogen-bond acceptors (Lipinski definition) is 4. The lowest BCUT2D eigenvalue weighted by molar-refractivity contribution is 0.498. The Morgan fingerprint density at radius 2 is 1.41 bits per heavy atom. The van der Waals surface area contributed by atoms with Crippen molar-refractivity contribution in [2.24, 2.45) is 0 Å². The Hall–Kier alpha value is -3.06. The fourth-order valence-electron chi connectivity index (χ4n) is 3.38. The van der Waals surface area contributed by atoms with Crippen LogP contribution in [-0.4, -0.2) is 8.42 Å². The number of halogens is 2. The van der Waals surface area contributed by atoms with Gasteiger partial charge in [-0.25, -0.2) is 13.1 Å². The van der Waals surface area contributed by atoms with Crippen LogP contribution < -0.4 is 9.81 Å². The molecule has 0 saturated carbocycles. The Morgan fingerprint density at radius 3 is 1.95 bits per heavy atom. The lowest BCUT2D eigenvalue weighted by atomic mass is 10.2. The summed E-state index contributed by atoms with van der Waals surface area (Å²) in [5, 5.41) is 3.48. The second-order valence-electron chi connectivity index (χ2n) is 7.94. The van der Waals surface area contributed by atoms with Crippen LogP contribution in [0.1, 0.15) is 16.9 Å². The molecule has 0 aliphatic heterocycles. The van der Waals surface area contributed by atoms with Crippen LogP contribution in [0.15, 0.2) is 124 Å². The van der Waals surface area contributed by atoms with Crippen LogP contribution in [0.5, 0.6) is 0 Å². The van der Waals surface area contributed by atoms with E-state index in [1.807, 2.05) is 36.4 Å². The van der Waals surface area contributed by atoms with Gasteiger partial charge < -0.3 is 9.50 Å². The van der Waals surface area contributed by atoms with Gasteiger partial charge in [0.15, 0.2) is 0 Å². The summed E-state index contributed by atoms with van der Waals surface area (Å²) >= 11 is 13.1. The number of rotatable bonds is 10. The largest absolute Gasteiger partial charge is 0.468 e. The third-order valence-corrected chi connectivity index (χ3v) is 9.42. The Morgan fingerprint density at radius 1 is 0.811 bits per heavy atom. The van der Waals surface area contributed by atoms with E-state index in [2.05, 4.69) is 9.81 Å². The molecule has 6 nitrogen and oxygen atoms in total. The number of sulfonamides is 1. The molecule has 190 valence electrons. The predicted octanol–water partition coefficient (Wildman–Crippen LogP) is 7.92. The minimum atomic E-state index is -3.87. The van der Waals surface area contributed by atoms with Gasteiger partial charge in [0.1, 0.15) is 5.76 Å². The summed E-state index contributed by atoms with van der Waals surface area (Å²) in [6.45, 7) is -0.00365. The molecule has 0 saturated heterocycles. The normalized spacial score (nSPS) is 12.9. The molecule has 0 bridgehead atoms. The summed E-state index contributed by atoms with van der Waals surface area (Å²) in [4.78, 5) is -0.00752. The summed E-state index contributed by atoms with van der Waals surface area (Å²) in [6.07, 6.45) is 1.47. The molecule has 0 unspecified atom stereocenters. The van der Waals surface area contributed by atoms with Crippen LogP contribution in [0.2, 0.25) is 0 Å². The fraction of sp³-hybridized carbons (Fsp3) is 0.0370. The number of benzene rings is 3. The van der Waals surface area contributed by atoms with Gasteiger partial charge in [0, 0.05) is 17.3 Å². The highest BCUT2D eigenvalue weighted by Gasteiger charge is 2.21. The van der Waals surface area contributed by atoms with Gasteiger partial charge in [-0.1, -0.05) is 89.9 Å². The average molecular weight is 573 g/mol. The Labute approximate surface area is 226 Å². The smallest absolute Gasteiger partial charge is 0.241 e. The molecule has 3 aromatic carbocycles. The van der Waals surface area contributed by atoms with Gasteiger partial charge in [0.05, 0.1) is 27.8 Å². The first-order valence-corrected chi connectivity index (χ1v) is 15.2. The van der Waals surface area contributed by atoms with Crippen LogP contribution in [0, 0.1) is 0 Å². The van der Waals surface area contributed by atoms with E-state index in [-0.39, 0.29) is 21.5 Å². The highest BCUT2D eigenvalue weighted by atomic mass is 35.5. The van der Waals surface area contributed by atoms with Gasteiger partial charge in [0.2, 0.25) is 17.3 Å². The zero-order valence-corrected chi connectivity index (χ0v) is 22.6. The number of hydrogen-bond donors (Lipinski definition) is 2. The molecule has 0 radical (unpaired) electrons. The summed E-state index contributed by atoms with van der Waals surface area (Å²) < 4.78 is 47.6. The van der Waals surface area contributed by atoms with E-state index < -0.39 is 17.3 Å². The van der Waals surface area contributed by atoms with Crippen molar-refractivity contribution >= 4 is 56.3 Å². The summed E-state index contributed by atoms with van der Waals surface area (Å²) in [5.41, 5.74) is 1.66. The number of nitrogens with one attached hydrogen (secondary N) is 2. The van der Waals surface area contributed by atoms with Crippen molar-refractivity contribution in [2.75, 3.05) is 5.09 Å². The van der Waals surface area contributed by atoms with Crippen molar-refractivity contribution < 1.29 is 17.4 Å². The first-order valence-electron chi connectivity index (χ1n) is 11.1. The van der Waals surface area contributed by atoms with Crippen molar-refractivity contribution in [3.05, 3.63) is 132 Å². The van der Waals surface area contributed by atoms with Gasteiger partial charge in [-0.15, -0.1) is 0 Å². The van der Waals surface area contributed by atoms with E-state index >= 15 is 0 Å². The van der Waals surface area contributed by atoms with E-state index in [4.69, 9.17) is 27.6 Å². The molecule has 4 rings (SSSR count). The molecule has 0 aliphatic carbocycles. The molecule has 0 aliphatic rings. The van der Waals surface area contributed by atoms with Gasteiger partial charge in [-0.2, -0.15) is 0 Å². The maximum absolute atomic E-state index is 14.2. The van der Waals surface area contributed by atoms with Crippen molar-refractivity contribution in [1.82, 2.24) is 4.72 Å². The molecule has 37 heavy (non-hydrogen) atoms. The monoisotopic (exact) mass is 572 g/mol. The predicted molar refractivity (Wildman–Crippen MR) is 151 cm³/mol. The van der Waals surface area contributed by atoms with E-state index in [0.717, 1.165) is 0 Å². The topological polar surface area (TPSA) is 88.4 Å². The lowest BCUT2D eigenvalue weighted by Crippen LogP contribution is -2.23. The van der Waals surface area contributed by atoms with Crippen LogP contribution in [0.3, 0.4) is 0 Å². The molecular formula is C27H23Cl2N2O4PS. The highest BCUT2D eigenvalue weighted by Crippen LogP contribution is 2.53. The molecule has 0 amide bonds. The molecule has 1 heterocycles. The van der Waals surface area contributed by atoms with E-state index in [1.54, 1.807) is 48.5 Å². The SMILES string of the molecule is O=P(/C=C(\Cl)c1ccccc1)(/C=C(\Cl)c1ccccc1)Nc1cccc(S(=O)(=O)NCc2ccco2)c1. The average Bonchev–Trinajstić information content (AvgIpc) is 3.42. The molecule has 0 fully saturated rings. The van der Waals surface area contributed by atoms with Crippen molar-refractivity contribution in [3.8, 4) is 0 Å². The first kappa shape index (κ1) is 27.0. The third kappa shape index (κ3) is 7.48. The molecule has 10 heteroatoms. The minimum Gasteiger partial charge on any atom is -0.468 e. The molecule has 0 spiro atoms. The Balaban J connectivity index is 1.67. The van der Waals surface area contributed by atoms with Crippen LogP contribution in [0.25, 0.3) is 10.1 Å². The van der Waals surface area contributed by atoms with Crippen molar-refractivity contribution in [1.29, 1.82) is 0 Å². The molecule has 0 atom stereocenters. The summed E-state index contributed by atoms with van der Waals surface area (Å²) in [6, 6.07) is 27.5. The summed E-state index contributed by atoms with van der Waals surface area (Å²) in [5.74, 6) is 3.29. The van der Waals surface area contributed by atoms with Crippen molar-refractivity contribution in [3.63, 3.8) is 0 Å².